The summed E-state index contributed by atoms with van der Waals surface area (Å²) < 4.78 is 10.5. The molecule has 2 N–H and O–H groups in total. The Morgan fingerprint density at radius 1 is 1.50 bits per heavy atom. The number of ether oxygens (including phenoxy) is 2. The second kappa shape index (κ2) is 6.16. The average Bonchev–Trinajstić information content (AvgIpc) is 2.79. The predicted molar refractivity (Wildman–Crippen MR) is 93.8 cm³/mol. The Bertz CT molecular complexity index is 944. The van der Waals surface area contributed by atoms with Crippen molar-refractivity contribution < 1.29 is 19.1 Å². The fraction of sp³-hybridized carbons (Fsp3) is 0.278. The fourth-order valence-corrected chi connectivity index (χ4v) is 4.05. The number of methoxy groups -OCH3 is 1. The van der Waals surface area contributed by atoms with Gasteiger partial charge in [0.15, 0.2) is 5.78 Å². The minimum atomic E-state index is -1.75. The molecule has 0 aromatic heterocycles. The number of carbonyl (C=O) groups excluding carboxylic acids is 2. The molecule has 0 fully saturated rings. The van der Waals surface area contributed by atoms with E-state index in [-0.39, 0.29) is 34.5 Å². The van der Waals surface area contributed by atoms with Crippen LogP contribution in [0.25, 0.3) is 0 Å². The van der Waals surface area contributed by atoms with Crippen LogP contribution in [-0.2, 0) is 24.5 Å². The van der Waals surface area contributed by atoms with E-state index in [1.165, 1.54) is 25.9 Å². The summed E-state index contributed by atoms with van der Waals surface area (Å²) in [6, 6.07) is 6.91. The molecule has 0 unspecified atom stereocenters. The SMILES string of the molecule is COCN1C(=O)[C@@]2(C(C#N)=C(N)OC(C)=C2C(C)=O)c2c(Cl)cccc21. The van der Waals surface area contributed by atoms with E-state index in [9.17, 15) is 14.9 Å². The fourth-order valence-electron chi connectivity index (χ4n) is 3.74. The third kappa shape index (κ3) is 2.09. The first-order chi connectivity index (χ1) is 12.3. The first kappa shape index (κ1) is 18.0. The number of carbonyl (C=O) groups is 2. The number of anilines is 1. The maximum Gasteiger partial charge on any atom is 0.249 e. The number of halogens is 1. The Balaban J connectivity index is 2.51. The van der Waals surface area contributed by atoms with E-state index >= 15 is 0 Å². The van der Waals surface area contributed by atoms with E-state index in [4.69, 9.17) is 26.8 Å². The number of benzene rings is 1. The number of hydrogen-bond donors (Lipinski definition) is 1. The summed E-state index contributed by atoms with van der Waals surface area (Å²) in [6.45, 7) is 2.77. The molecule has 1 atom stereocenters. The maximum atomic E-state index is 13.6. The molecule has 0 radical (unpaired) electrons. The second-order valence-corrected chi connectivity index (χ2v) is 6.38. The van der Waals surface area contributed by atoms with E-state index in [0.29, 0.717) is 11.3 Å². The molecule has 2 heterocycles. The van der Waals surface area contributed by atoms with Gasteiger partial charge in [-0.3, -0.25) is 14.5 Å². The van der Waals surface area contributed by atoms with E-state index in [2.05, 4.69) is 0 Å². The van der Waals surface area contributed by atoms with Gasteiger partial charge in [0.1, 0.15) is 29.5 Å². The number of rotatable bonds is 3. The van der Waals surface area contributed by atoms with Crippen molar-refractivity contribution in [2.45, 2.75) is 19.3 Å². The van der Waals surface area contributed by atoms with E-state index in [1.807, 2.05) is 6.07 Å². The molecule has 0 bridgehead atoms. The standard InChI is InChI=1S/C18H16ClN3O4/c1-9(23)14-10(2)26-16(21)11(7-20)18(14)15-12(19)5-4-6-13(15)22(8-25-3)17(18)24/h4-6H,8,21H2,1-3H3/t18-/m1/s1. The van der Waals surface area contributed by atoms with Gasteiger partial charge in [-0.15, -0.1) is 0 Å². The summed E-state index contributed by atoms with van der Waals surface area (Å²) >= 11 is 6.44. The van der Waals surface area contributed by atoms with Crippen LogP contribution in [0, 0.1) is 11.3 Å². The van der Waals surface area contributed by atoms with Crippen molar-refractivity contribution in [2.75, 3.05) is 18.7 Å². The molecule has 7 nitrogen and oxygen atoms in total. The average molecular weight is 374 g/mol. The molecule has 1 amide bonds. The highest BCUT2D eigenvalue weighted by atomic mass is 35.5. The minimum Gasteiger partial charge on any atom is -0.445 e. The van der Waals surface area contributed by atoms with Gasteiger partial charge in [0.25, 0.3) is 0 Å². The Morgan fingerprint density at radius 3 is 2.77 bits per heavy atom. The van der Waals surface area contributed by atoms with Crippen molar-refractivity contribution in [1.82, 2.24) is 0 Å². The molecule has 134 valence electrons. The summed E-state index contributed by atoms with van der Waals surface area (Å²) in [5, 5.41) is 10.0. The number of ketones is 1. The third-order valence-electron chi connectivity index (χ3n) is 4.56. The van der Waals surface area contributed by atoms with Gasteiger partial charge in [0.2, 0.25) is 11.8 Å². The van der Waals surface area contributed by atoms with Crippen molar-refractivity contribution >= 4 is 29.0 Å². The van der Waals surface area contributed by atoms with Gasteiger partial charge < -0.3 is 15.2 Å². The topological polar surface area (TPSA) is 106 Å². The number of allylic oxidation sites excluding steroid dienone is 1. The smallest absolute Gasteiger partial charge is 0.249 e. The lowest BCUT2D eigenvalue weighted by Crippen LogP contribution is -2.48. The Labute approximate surface area is 155 Å². The summed E-state index contributed by atoms with van der Waals surface area (Å²) in [6.07, 6.45) is 0. The van der Waals surface area contributed by atoms with Crippen molar-refractivity contribution in [2.24, 2.45) is 5.73 Å². The summed E-state index contributed by atoms with van der Waals surface area (Å²) in [7, 11) is 1.44. The van der Waals surface area contributed by atoms with Crippen molar-refractivity contribution in [3.8, 4) is 6.07 Å². The van der Waals surface area contributed by atoms with Crippen LogP contribution in [0.1, 0.15) is 19.4 Å². The second-order valence-electron chi connectivity index (χ2n) is 5.98. The van der Waals surface area contributed by atoms with Crippen LogP contribution < -0.4 is 10.6 Å². The molecule has 1 spiro atoms. The van der Waals surface area contributed by atoms with Crippen LogP contribution in [0.3, 0.4) is 0 Å². The minimum absolute atomic E-state index is 0.0428. The zero-order valence-electron chi connectivity index (χ0n) is 14.4. The predicted octanol–water partition coefficient (Wildman–Crippen LogP) is 2.12. The molecule has 1 aromatic rings. The normalized spacial score (nSPS) is 21.8. The highest BCUT2D eigenvalue weighted by molar-refractivity contribution is 6.34. The van der Waals surface area contributed by atoms with Gasteiger partial charge in [-0.05, 0) is 26.0 Å². The number of fused-ring (bicyclic) bond motifs is 2. The van der Waals surface area contributed by atoms with Crippen LogP contribution >= 0.6 is 11.6 Å². The molecule has 2 aliphatic heterocycles. The summed E-state index contributed by atoms with van der Waals surface area (Å²) in [5.74, 6) is -1.02. The van der Waals surface area contributed by atoms with Gasteiger partial charge in [-0.1, -0.05) is 17.7 Å². The Kier molecular flexibility index (Phi) is 4.26. The zero-order valence-corrected chi connectivity index (χ0v) is 15.2. The van der Waals surface area contributed by atoms with Gasteiger partial charge in [-0.25, -0.2) is 0 Å². The molecular weight excluding hydrogens is 358 g/mol. The van der Waals surface area contributed by atoms with Crippen LogP contribution in [0.4, 0.5) is 5.69 Å². The maximum absolute atomic E-state index is 13.6. The lowest BCUT2D eigenvalue weighted by Gasteiger charge is -2.35. The van der Waals surface area contributed by atoms with Gasteiger partial charge in [-0.2, -0.15) is 5.26 Å². The monoisotopic (exact) mass is 373 g/mol. The van der Waals surface area contributed by atoms with E-state index < -0.39 is 17.1 Å². The number of amides is 1. The molecule has 8 heteroatoms. The molecule has 0 saturated carbocycles. The zero-order chi connectivity index (χ0) is 19.2. The lowest BCUT2D eigenvalue weighted by atomic mass is 9.67. The molecular formula is C18H16ClN3O4. The van der Waals surface area contributed by atoms with E-state index in [1.54, 1.807) is 18.2 Å². The molecule has 3 rings (SSSR count). The molecule has 0 aliphatic carbocycles. The first-order valence-corrected chi connectivity index (χ1v) is 8.10. The van der Waals surface area contributed by atoms with Gasteiger partial charge in [0.05, 0.1) is 11.3 Å². The largest absolute Gasteiger partial charge is 0.445 e. The number of Topliss-reactive ketones (excluding diaryl/α,β-unsaturated/α-hetero) is 1. The third-order valence-corrected chi connectivity index (χ3v) is 4.87. The molecule has 2 aliphatic rings. The molecule has 0 saturated heterocycles. The molecule has 26 heavy (non-hydrogen) atoms. The van der Waals surface area contributed by atoms with Crippen LogP contribution in [-0.4, -0.2) is 25.5 Å². The highest BCUT2D eigenvalue weighted by Gasteiger charge is 2.61. The lowest BCUT2D eigenvalue weighted by molar-refractivity contribution is -0.124. The van der Waals surface area contributed by atoms with Crippen LogP contribution in [0.15, 0.2) is 41.0 Å². The van der Waals surface area contributed by atoms with Gasteiger partial charge >= 0.3 is 0 Å². The number of nitrogens with two attached hydrogens (primary N) is 1. The van der Waals surface area contributed by atoms with Gasteiger partial charge in [0, 0.05) is 17.7 Å². The Morgan fingerprint density at radius 2 is 2.19 bits per heavy atom. The highest BCUT2D eigenvalue weighted by Crippen LogP contribution is 2.56. The van der Waals surface area contributed by atoms with Crippen molar-refractivity contribution in [3.63, 3.8) is 0 Å². The first-order valence-electron chi connectivity index (χ1n) is 7.72. The van der Waals surface area contributed by atoms with E-state index in [0.717, 1.165) is 0 Å². The Hall–Kier alpha value is -2.82. The van der Waals surface area contributed by atoms with Crippen molar-refractivity contribution in [1.29, 1.82) is 5.26 Å². The summed E-state index contributed by atoms with van der Waals surface area (Å²) in [5.41, 5.74) is 4.85. The quantitative estimate of drug-likeness (QED) is 0.869. The van der Waals surface area contributed by atoms with Crippen molar-refractivity contribution in [3.05, 3.63) is 51.6 Å². The van der Waals surface area contributed by atoms with Crippen LogP contribution in [0.5, 0.6) is 0 Å². The van der Waals surface area contributed by atoms with Crippen LogP contribution in [0.2, 0.25) is 5.02 Å². The summed E-state index contributed by atoms with van der Waals surface area (Å²) in [4.78, 5) is 27.4. The number of nitriles is 1. The number of hydrogen-bond acceptors (Lipinski definition) is 6. The number of nitrogens with zero attached hydrogens (tertiary/aromatic N) is 2. The molecule has 1 aromatic carbocycles.